The van der Waals surface area contributed by atoms with E-state index in [1.165, 1.54) is 11.3 Å². The third-order valence-electron chi connectivity index (χ3n) is 3.33. The van der Waals surface area contributed by atoms with Crippen LogP contribution < -0.4 is 5.32 Å². The van der Waals surface area contributed by atoms with E-state index in [0.717, 1.165) is 10.6 Å². The van der Waals surface area contributed by atoms with Crippen LogP contribution in [0.15, 0.2) is 36.4 Å². The number of carbonyl (C=O) groups is 2. The minimum atomic E-state index is -0.447. The lowest BCUT2D eigenvalue weighted by Gasteiger charge is -2.05. The van der Waals surface area contributed by atoms with Crippen LogP contribution in [0.3, 0.4) is 0 Å². The normalized spacial score (nSPS) is 10.7. The Hall–Kier alpha value is -2.67. The molecular formula is C19H22N2O4S. The fourth-order valence-corrected chi connectivity index (χ4v) is 2.98. The standard InChI is InChI=1S/C19H22N2O4S/c1-3-24-18(22)17-14(2)21-16(26-17)11-7-8-12-20-19(23)25-13-15-9-5-4-6-10-15/h4-7,9-11H,3,8,12-13H2,1-2H3,(H,20,23). The summed E-state index contributed by atoms with van der Waals surface area (Å²) in [6, 6.07) is 9.51. The average molecular weight is 374 g/mol. The van der Waals surface area contributed by atoms with E-state index in [1.807, 2.05) is 42.5 Å². The third kappa shape index (κ3) is 6.33. The summed E-state index contributed by atoms with van der Waals surface area (Å²) >= 11 is 1.29. The molecule has 1 aromatic carbocycles. The van der Waals surface area contributed by atoms with Gasteiger partial charge in [-0.1, -0.05) is 36.4 Å². The summed E-state index contributed by atoms with van der Waals surface area (Å²) in [5, 5.41) is 3.42. The van der Waals surface area contributed by atoms with E-state index in [4.69, 9.17) is 9.47 Å². The fraction of sp³-hybridized carbons (Fsp3) is 0.316. The molecule has 1 N–H and O–H groups in total. The second-order valence-corrected chi connectivity index (χ2v) is 6.40. The van der Waals surface area contributed by atoms with Crippen LogP contribution in [0, 0.1) is 6.92 Å². The third-order valence-corrected chi connectivity index (χ3v) is 4.43. The molecule has 2 aromatic rings. The summed E-state index contributed by atoms with van der Waals surface area (Å²) < 4.78 is 10.1. The largest absolute Gasteiger partial charge is 0.462 e. The van der Waals surface area contributed by atoms with Gasteiger partial charge in [-0.15, -0.1) is 11.3 Å². The second-order valence-electron chi connectivity index (χ2n) is 5.37. The zero-order valence-corrected chi connectivity index (χ0v) is 15.7. The molecule has 0 saturated carbocycles. The number of nitrogens with one attached hydrogen (secondary N) is 1. The van der Waals surface area contributed by atoms with Gasteiger partial charge in [-0.05, 0) is 31.9 Å². The van der Waals surface area contributed by atoms with Crippen LogP contribution in [0.25, 0.3) is 6.08 Å². The molecule has 2 rings (SSSR count). The minimum Gasteiger partial charge on any atom is -0.462 e. The van der Waals surface area contributed by atoms with Crippen molar-refractivity contribution in [1.82, 2.24) is 10.3 Å². The van der Waals surface area contributed by atoms with Gasteiger partial charge >= 0.3 is 12.1 Å². The number of hydrogen-bond donors (Lipinski definition) is 1. The maximum Gasteiger partial charge on any atom is 0.407 e. The summed E-state index contributed by atoms with van der Waals surface area (Å²) in [4.78, 5) is 28.2. The van der Waals surface area contributed by atoms with Gasteiger partial charge in [0.2, 0.25) is 0 Å². The van der Waals surface area contributed by atoms with Crippen molar-refractivity contribution in [3.63, 3.8) is 0 Å². The Morgan fingerprint density at radius 2 is 2.00 bits per heavy atom. The SMILES string of the molecule is CCOC(=O)c1sc(C=CCCNC(=O)OCc2ccccc2)nc1C. The van der Waals surface area contributed by atoms with E-state index in [2.05, 4.69) is 10.3 Å². The highest BCUT2D eigenvalue weighted by Gasteiger charge is 2.14. The van der Waals surface area contributed by atoms with Gasteiger partial charge in [-0.25, -0.2) is 14.6 Å². The maximum atomic E-state index is 11.8. The Labute approximate surface area is 156 Å². The summed E-state index contributed by atoms with van der Waals surface area (Å²) in [5.41, 5.74) is 1.61. The maximum absolute atomic E-state index is 11.8. The monoisotopic (exact) mass is 374 g/mol. The Morgan fingerprint density at radius 3 is 2.73 bits per heavy atom. The van der Waals surface area contributed by atoms with Gasteiger partial charge in [0.25, 0.3) is 0 Å². The molecule has 7 heteroatoms. The zero-order valence-electron chi connectivity index (χ0n) is 14.9. The minimum absolute atomic E-state index is 0.248. The van der Waals surface area contributed by atoms with E-state index < -0.39 is 6.09 Å². The van der Waals surface area contributed by atoms with Crippen molar-refractivity contribution in [2.24, 2.45) is 0 Å². The first-order valence-corrected chi connectivity index (χ1v) is 9.17. The second kappa shape index (κ2) is 10.4. The number of aryl methyl sites for hydroxylation is 1. The number of amides is 1. The van der Waals surface area contributed by atoms with Crippen molar-refractivity contribution in [2.45, 2.75) is 26.9 Å². The van der Waals surface area contributed by atoms with E-state index in [0.29, 0.717) is 30.1 Å². The van der Waals surface area contributed by atoms with Gasteiger partial charge in [0, 0.05) is 6.54 Å². The number of alkyl carbamates (subject to hydrolysis) is 1. The number of carbonyl (C=O) groups excluding carboxylic acids is 2. The molecule has 1 heterocycles. The number of thiazole rings is 1. The molecule has 0 aliphatic rings. The van der Waals surface area contributed by atoms with Gasteiger partial charge in [-0.2, -0.15) is 0 Å². The first kappa shape index (κ1) is 19.7. The number of rotatable bonds is 8. The molecule has 0 aliphatic carbocycles. The molecule has 0 atom stereocenters. The van der Waals surface area contributed by atoms with Crippen molar-refractivity contribution in [3.05, 3.63) is 57.6 Å². The zero-order chi connectivity index (χ0) is 18.8. The molecule has 0 fully saturated rings. The van der Waals surface area contributed by atoms with Gasteiger partial charge in [-0.3, -0.25) is 0 Å². The highest BCUT2D eigenvalue weighted by atomic mass is 32.1. The predicted molar refractivity (Wildman–Crippen MR) is 101 cm³/mol. The Morgan fingerprint density at radius 1 is 1.23 bits per heavy atom. The lowest BCUT2D eigenvalue weighted by atomic mass is 10.2. The van der Waals surface area contributed by atoms with E-state index in [1.54, 1.807) is 13.8 Å². The molecule has 6 nitrogen and oxygen atoms in total. The summed E-state index contributed by atoms with van der Waals surface area (Å²) in [5.74, 6) is -0.343. The quantitative estimate of drug-likeness (QED) is 0.559. The fourth-order valence-electron chi connectivity index (χ4n) is 2.09. The summed E-state index contributed by atoms with van der Waals surface area (Å²) in [6.07, 6.45) is 3.91. The van der Waals surface area contributed by atoms with Crippen molar-refractivity contribution >= 4 is 29.5 Å². The first-order valence-electron chi connectivity index (χ1n) is 8.35. The molecule has 1 amide bonds. The number of esters is 1. The molecule has 0 aliphatic heterocycles. The molecule has 1 aromatic heterocycles. The highest BCUT2D eigenvalue weighted by Crippen LogP contribution is 2.20. The van der Waals surface area contributed by atoms with E-state index in [-0.39, 0.29) is 12.6 Å². The lowest BCUT2D eigenvalue weighted by molar-refractivity contribution is 0.0531. The van der Waals surface area contributed by atoms with Crippen LogP contribution in [0.1, 0.15) is 39.3 Å². The molecule has 0 unspecified atom stereocenters. The smallest absolute Gasteiger partial charge is 0.407 e. The van der Waals surface area contributed by atoms with Gasteiger partial charge < -0.3 is 14.8 Å². The Balaban J connectivity index is 1.70. The van der Waals surface area contributed by atoms with E-state index in [9.17, 15) is 9.59 Å². The first-order chi connectivity index (χ1) is 12.6. The van der Waals surface area contributed by atoms with Crippen molar-refractivity contribution < 1.29 is 19.1 Å². The molecule has 0 saturated heterocycles. The molecule has 138 valence electrons. The van der Waals surface area contributed by atoms with Crippen LogP contribution in [-0.2, 0) is 16.1 Å². The molecule has 0 radical (unpaired) electrons. The van der Waals surface area contributed by atoms with Gasteiger partial charge in [0.1, 0.15) is 16.5 Å². The Kier molecular flexibility index (Phi) is 7.82. The lowest BCUT2D eigenvalue weighted by Crippen LogP contribution is -2.24. The average Bonchev–Trinajstić information content (AvgIpc) is 3.01. The molecule has 0 bridgehead atoms. The predicted octanol–water partition coefficient (Wildman–Crippen LogP) is 3.96. The van der Waals surface area contributed by atoms with E-state index >= 15 is 0 Å². The molecular weight excluding hydrogens is 352 g/mol. The van der Waals surface area contributed by atoms with Crippen molar-refractivity contribution in [3.8, 4) is 0 Å². The number of ether oxygens (including phenoxy) is 2. The van der Waals surface area contributed by atoms with Gasteiger partial charge in [0.15, 0.2) is 0 Å². The van der Waals surface area contributed by atoms with Crippen LogP contribution in [0.4, 0.5) is 4.79 Å². The van der Waals surface area contributed by atoms with Gasteiger partial charge in [0.05, 0.1) is 12.3 Å². The number of nitrogens with zero attached hydrogens (tertiary/aromatic N) is 1. The Bertz CT molecular complexity index is 756. The van der Waals surface area contributed by atoms with Crippen LogP contribution >= 0.6 is 11.3 Å². The van der Waals surface area contributed by atoms with Crippen LogP contribution in [0.2, 0.25) is 0 Å². The molecule has 26 heavy (non-hydrogen) atoms. The van der Waals surface area contributed by atoms with Crippen LogP contribution in [0.5, 0.6) is 0 Å². The van der Waals surface area contributed by atoms with Crippen molar-refractivity contribution in [2.75, 3.05) is 13.2 Å². The topological polar surface area (TPSA) is 77.5 Å². The van der Waals surface area contributed by atoms with Crippen LogP contribution in [-0.4, -0.2) is 30.2 Å². The number of hydrogen-bond acceptors (Lipinski definition) is 6. The summed E-state index contributed by atoms with van der Waals surface area (Å²) in [7, 11) is 0. The highest BCUT2D eigenvalue weighted by molar-refractivity contribution is 7.14. The number of benzene rings is 1. The summed E-state index contributed by atoms with van der Waals surface area (Å²) in [6.45, 7) is 4.60. The number of aromatic nitrogens is 1. The molecule has 0 spiro atoms. The van der Waals surface area contributed by atoms with Crippen molar-refractivity contribution in [1.29, 1.82) is 0 Å².